The molecule has 0 bridgehead atoms. The summed E-state index contributed by atoms with van der Waals surface area (Å²) >= 11 is 0. The van der Waals surface area contributed by atoms with Crippen LogP contribution in [0.4, 0.5) is 0 Å². The molecule has 0 atom stereocenters. The maximum Gasteiger partial charge on any atom is 0.125 e. The van der Waals surface area contributed by atoms with E-state index in [1.54, 1.807) is 0 Å². The molecule has 0 aliphatic heterocycles. The van der Waals surface area contributed by atoms with Gasteiger partial charge in [0, 0.05) is 11.9 Å². The Bertz CT molecular complexity index is 329. The normalized spacial score (nSPS) is 19.6. The Morgan fingerprint density at radius 1 is 1.38 bits per heavy atom. The van der Waals surface area contributed by atoms with E-state index in [1.807, 2.05) is 13.1 Å². The minimum Gasteiger partial charge on any atom is -0.241 e. The van der Waals surface area contributed by atoms with Crippen molar-refractivity contribution in [3.8, 4) is 0 Å². The number of aromatic nitrogens is 2. The standard InChI is InChI=1S/C11H16N2/c1-8-12-7-9-6-11(2,3)5-4-10(9)13-8/h7H,4-6H2,1-3H3. The molecule has 0 fully saturated rings. The Labute approximate surface area is 79.4 Å². The predicted octanol–water partition coefficient (Wildman–Crippen LogP) is 2.30. The molecule has 0 saturated heterocycles. The third-order valence-corrected chi connectivity index (χ3v) is 2.78. The third kappa shape index (κ3) is 1.71. The summed E-state index contributed by atoms with van der Waals surface area (Å²) in [6, 6.07) is 0. The Morgan fingerprint density at radius 3 is 2.92 bits per heavy atom. The van der Waals surface area contributed by atoms with Crippen LogP contribution < -0.4 is 0 Å². The highest BCUT2D eigenvalue weighted by Crippen LogP contribution is 2.33. The van der Waals surface area contributed by atoms with E-state index in [2.05, 4.69) is 23.8 Å². The van der Waals surface area contributed by atoms with Gasteiger partial charge in [0.2, 0.25) is 0 Å². The van der Waals surface area contributed by atoms with Crippen molar-refractivity contribution in [3.05, 3.63) is 23.3 Å². The van der Waals surface area contributed by atoms with Crippen LogP contribution in [0.15, 0.2) is 6.20 Å². The van der Waals surface area contributed by atoms with Gasteiger partial charge in [-0.2, -0.15) is 0 Å². The zero-order valence-corrected chi connectivity index (χ0v) is 8.59. The van der Waals surface area contributed by atoms with Gasteiger partial charge in [0.25, 0.3) is 0 Å². The molecule has 0 spiro atoms. The summed E-state index contributed by atoms with van der Waals surface area (Å²) in [5, 5.41) is 0. The SMILES string of the molecule is Cc1ncc2c(n1)CCC(C)(C)C2. The van der Waals surface area contributed by atoms with E-state index in [-0.39, 0.29) is 0 Å². The van der Waals surface area contributed by atoms with E-state index < -0.39 is 0 Å². The quantitative estimate of drug-likeness (QED) is 0.606. The summed E-state index contributed by atoms with van der Waals surface area (Å²) in [6.07, 6.45) is 5.49. The molecule has 0 saturated carbocycles. The molecule has 0 unspecified atom stereocenters. The van der Waals surface area contributed by atoms with E-state index >= 15 is 0 Å². The van der Waals surface area contributed by atoms with E-state index in [1.165, 1.54) is 17.7 Å². The smallest absolute Gasteiger partial charge is 0.125 e. The lowest BCUT2D eigenvalue weighted by molar-refractivity contribution is 0.311. The first-order chi connectivity index (χ1) is 6.07. The van der Waals surface area contributed by atoms with Crippen molar-refractivity contribution in [3.63, 3.8) is 0 Å². The molecule has 2 rings (SSSR count). The number of nitrogens with zero attached hydrogens (tertiary/aromatic N) is 2. The number of hydrogen-bond acceptors (Lipinski definition) is 2. The van der Waals surface area contributed by atoms with Crippen molar-refractivity contribution in [2.24, 2.45) is 5.41 Å². The number of hydrogen-bond donors (Lipinski definition) is 0. The Balaban J connectivity index is 2.37. The van der Waals surface area contributed by atoms with E-state index in [0.29, 0.717) is 5.41 Å². The van der Waals surface area contributed by atoms with Crippen molar-refractivity contribution in [1.29, 1.82) is 0 Å². The van der Waals surface area contributed by atoms with Crippen molar-refractivity contribution in [2.45, 2.75) is 40.0 Å². The summed E-state index contributed by atoms with van der Waals surface area (Å²) in [4.78, 5) is 8.72. The lowest BCUT2D eigenvalue weighted by Crippen LogP contribution is -2.23. The molecule has 1 aliphatic carbocycles. The highest BCUT2D eigenvalue weighted by atomic mass is 14.9. The van der Waals surface area contributed by atoms with Crippen molar-refractivity contribution in [2.75, 3.05) is 0 Å². The van der Waals surface area contributed by atoms with Crippen LogP contribution in [-0.4, -0.2) is 9.97 Å². The average Bonchev–Trinajstić information content (AvgIpc) is 2.05. The van der Waals surface area contributed by atoms with E-state index in [4.69, 9.17) is 0 Å². The van der Waals surface area contributed by atoms with Gasteiger partial charge in [0.15, 0.2) is 0 Å². The molecule has 2 heteroatoms. The highest BCUT2D eigenvalue weighted by Gasteiger charge is 2.25. The minimum atomic E-state index is 0.436. The first-order valence-electron chi connectivity index (χ1n) is 4.88. The van der Waals surface area contributed by atoms with Gasteiger partial charge in [-0.25, -0.2) is 9.97 Å². The lowest BCUT2D eigenvalue weighted by atomic mass is 9.76. The van der Waals surface area contributed by atoms with Crippen molar-refractivity contribution < 1.29 is 0 Å². The van der Waals surface area contributed by atoms with Gasteiger partial charge in [0.05, 0.1) is 0 Å². The molecular weight excluding hydrogens is 160 g/mol. The van der Waals surface area contributed by atoms with Crippen LogP contribution in [0.25, 0.3) is 0 Å². The van der Waals surface area contributed by atoms with Crippen LogP contribution in [0.5, 0.6) is 0 Å². The number of fused-ring (bicyclic) bond motifs is 1. The summed E-state index contributed by atoms with van der Waals surface area (Å²) in [5.74, 6) is 0.901. The van der Waals surface area contributed by atoms with Gasteiger partial charge < -0.3 is 0 Å². The van der Waals surface area contributed by atoms with Gasteiger partial charge in [-0.15, -0.1) is 0 Å². The Kier molecular flexibility index (Phi) is 1.86. The highest BCUT2D eigenvalue weighted by molar-refractivity contribution is 5.22. The molecule has 2 nitrogen and oxygen atoms in total. The van der Waals surface area contributed by atoms with Crippen LogP contribution in [0.2, 0.25) is 0 Å². The molecule has 0 amide bonds. The first kappa shape index (κ1) is 8.67. The van der Waals surface area contributed by atoms with Crippen LogP contribution >= 0.6 is 0 Å². The number of aryl methyl sites for hydroxylation is 2. The van der Waals surface area contributed by atoms with Gasteiger partial charge in [-0.1, -0.05) is 13.8 Å². The zero-order chi connectivity index (χ0) is 9.47. The van der Waals surface area contributed by atoms with Crippen molar-refractivity contribution >= 4 is 0 Å². The third-order valence-electron chi connectivity index (χ3n) is 2.78. The Hall–Kier alpha value is -0.920. The van der Waals surface area contributed by atoms with Gasteiger partial charge in [-0.3, -0.25) is 0 Å². The molecule has 0 aromatic carbocycles. The van der Waals surface area contributed by atoms with E-state index in [0.717, 1.165) is 18.7 Å². The second-order valence-electron chi connectivity index (χ2n) is 4.73. The van der Waals surface area contributed by atoms with Crippen LogP contribution in [0.3, 0.4) is 0 Å². The molecule has 0 N–H and O–H groups in total. The van der Waals surface area contributed by atoms with Gasteiger partial charge >= 0.3 is 0 Å². The Morgan fingerprint density at radius 2 is 2.15 bits per heavy atom. The summed E-state index contributed by atoms with van der Waals surface area (Å²) in [7, 11) is 0. The zero-order valence-electron chi connectivity index (χ0n) is 8.59. The average molecular weight is 176 g/mol. The monoisotopic (exact) mass is 176 g/mol. The molecule has 70 valence electrons. The van der Waals surface area contributed by atoms with Crippen LogP contribution in [0, 0.1) is 12.3 Å². The van der Waals surface area contributed by atoms with Crippen LogP contribution in [0.1, 0.15) is 37.4 Å². The molecular formula is C11H16N2. The molecule has 1 aromatic heterocycles. The molecule has 13 heavy (non-hydrogen) atoms. The molecule has 1 aliphatic rings. The maximum atomic E-state index is 4.47. The van der Waals surface area contributed by atoms with Gasteiger partial charge in [0.1, 0.15) is 5.82 Å². The lowest BCUT2D eigenvalue weighted by Gasteiger charge is -2.30. The fraction of sp³-hybridized carbons (Fsp3) is 0.636. The molecule has 0 radical (unpaired) electrons. The summed E-state index contributed by atoms with van der Waals surface area (Å²) in [6.45, 7) is 6.59. The second kappa shape index (κ2) is 2.79. The molecule has 1 aromatic rings. The maximum absolute atomic E-state index is 4.47. The summed E-state index contributed by atoms with van der Waals surface area (Å²) in [5.41, 5.74) is 3.06. The fourth-order valence-electron chi connectivity index (χ4n) is 1.97. The molecule has 1 heterocycles. The van der Waals surface area contributed by atoms with Crippen LogP contribution in [-0.2, 0) is 12.8 Å². The predicted molar refractivity (Wildman–Crippen MR) is 52.6 cm³/mol. The van der Waals surface area contributed by atoms with E-state index in [9.17, 15) is 0 Å². The van der Waals surface area contributed by atoms with Gasteiger partial charge in [-0.05, 0) is 37.2 Å². The largest absolute Gasteiger partial charge is 0.241 e. The topological polar surface area (TPSA) is 25.8 Å². The fourth-order valence-corrected chi connectivity index (χ4v) is 1.97. The first-order valence-corrected chi connectivity index (χ1v) is 4.88. The summed E-state index contributed by atoms with van der Waals surface area (Å²) < 4.78 is 0. The second-order valence-corrected chi connectivity index (χ2v) is 4.73. The minimum absolute atomic E-state index is 0.436. The van der Waals surface area contributed by atoms with Crippen molar-refractivity contribution in [1.82, 2.24) is 9.97 Å². The number of rotatable bonds is 0.